The summed E-state index contributed by atoms with van der Waals surface area (Å²) >= 11 is 0. The first-order valence-corrected chi connectivity index (χ1v) is 8.82. The quantitative estimate of drug-likeness (QED) is 0.743. The lowest BCUT2D eigenvalue weighted by molar-refractivity contribution is 0.0946. The van der Waals surface area contributed by atoms with Gasteiger partial charge in [-0.1, -0.05) is 6.85 Å². The molecule has 0 aliphatic carbocycles. The SMILES string of the molecule is [2H]Oc1c(C(=O)N([2H])CCCN2CCC(C([3H])([3H])[3H])CC2)c(=O)n(C([2H])([2H])C([2H])([2H])[2H])c2c([2H])c(F)c([2H])c([2H])c12. The molecule has 1 aliphatic rings. The predicted octanol–water partition coefficient (Wildman–Crippen LogP) is 2.72. The van der Waals surface area contributed by atoms with Crippen LogP contribution in [-0.2, 0) is 6.50 Å². The van der Waals surface area contributed by atoms with Crippen molar-refractivity contribution in [3.63, 3.8) is 0 Å². The highest BCUT2D eigenvalue weighted by Gasteiger charge is 2.22. The maximum Gasteiger partial charge on any atom is 0.293 e. The number of hydrogen-bond acceptors (Lipinski definition) is 4. The Hall–Kier alpha value is -2.41. The van der Waals surface area contributed by atoms with E-state index in [9.17, 15) is 14.0 Å². The van der Waals surface area contributed by atoms with Crippen molar-refractivity contribution in [2.45, 2.75) is 39.5 Å². The van der Waals surface area contributed by atoms with Gasteiger partial charge in [0.05, 0.1) is 9.63 Å². The van der Waals surface area contributed by atoms with E-state index in [0.717, 1.165) is 0 Å². The standard InChI is InChI=1S/C21H28FN3O3/c1-3-25-17-13-15(22)5-6-16(17)19(26)18(21(25)28)20(27)23-9-4-10-24-11-7-14(2)8-12-24/h5-6,13-14,26H,3-4,7-12H2,1-2H3,(H,23,27)/i1D3,2T3,3D2,5D,6D,13D/hD2. The smallest absolute Gasteiger partial charge is 0.293 e. The van der Waals surface area contributed by atoms with E-state index in [-0.39, 0.29) is 17.5 Å². The molecule has 1 aromatic carbocycles. The van der Waals surface area contributed by atoms with Crippen LogP contribution in [0.2, 0.25) is 1.41 Å². The van der Waals surface area contributed by atoms with E-state index in [2.05, 4.69) is 5.11 Å². The van der Waals surface area contributed by atoms with Gasteiger partial charge in [0.2, 0.25) is 0 Å². The number of nitrogens with zero attached hydrogens (tertiary/aromatic N) is 2. The number of halogens is 1. The Kier molecular flexibility index (Phi) is 2.93. The Balaban J connectivity index is 2.04. The van der Waals surface area contributed by atoms with Crippen LogP contribution in [-0.4, -0.2) is 48.1 Å². The molecule has 0 bridgehead atoms. The van der Waals surface area contributed by atoms with Gasteiger partial charge in [-0.25, -0.2) is 4.39 Å². The molecule has 0 spiro atoms. The number of benzene rings is 1. The summed E-state index contributed by atoms with van der Waals surface area (Å²) in [6, 6.07) is -3.63. The molecule has 1 aromatic heterocycles. The second-order valence-corrected chi connectivity index (χ2v) is 6.53. The van der Waals surface area contributed by atoms with Crippen molar-refractivity contribution in [1.82, 2.24) is 14.8 Å². The van der Waals surface area contributed by atoms with Crippen LogP contribution in [0.4, 0.5) is 4.39 Å². The van der Waals surface area contributed by atoms with E-state index in [0.29, 0.717) is 37.8 Å². The molecule has 3 rings (SSSR count). The molecule has 0 atom stereocenters. The highest BCUT2D eigenvalue weighted by Crippen LogP contribution is 2.27. The zero-order chi connectivity index (χ0) is 31.2. The topological polar surface area (TPSA) is 74.6 Å². The molecule has 2 N–H and O–H groups in total. The Morgan fingerprint density at radius 2 is 2.43 bits per heavy atom. The summed E-state index contributed by atoms with van der Waals surface area (Å²) in [5.41, 5.74) is -4.04. The maximum absolute atomic E-state index is 14.6. The fraction of sp³-hybridized carbons (Fsp3) is 0.524. The predicted molar refractivity (Wildman–Crippen MR) is 107 cm³/mol. The van der Waals surface area contributed by atoms with Gasteiger partial charge < -0.3 is 19.9 Å². The van der Waals surface area contributed by atoms with E-state index < -0.39 is 83.7 Å². The number of nitrogens with one attached hydrogen (secondary N) is 1. The van der Waals surface area contributed by atoms with Crippen molar-refractivity contribution in [3.05, 3.63) is 39.9 Å². The zero-order valence-electron chi connectivity index (χ0n) is 28.0. The van der Waals surface area contributed by atoms with Crippen molar-refractivity contribution >= 4 is 16.8 Å². The van der Waals surface area contributed by atoms with Crippen LogP contribution in [0.25, 0.3) is 10.9 Å². The number of aryl methyl sites for hydroxylation is 1. The fourth-order valence-electron chi connectivity index (χ4n) is 3.15. The number of pyridine rings is 1. The third kappa shape index (κ3) is 4.19. The first-order chi connectivity index (χ1) is 18.8. The van der Waals surface area contributed by atoms with Gasteiger partial charge in [-0.05, 0) is 69.8 Å². The highest BCUT2D eigenvalue weighted by molar-refractivity contribution is 6.02. The molecule has 2 heterocycles. The monoisotopic (exact) mass is 405 g/mol. The number of fused-ring (bicyclic) bond motifs is 1. The average Bonchev–Trinajstić information content (AvgIpc) is 2.88. The number of hydrogen-bond donors (Lipinski definition) is 2. The van der Waals surface area contributed by atoms with Crippen LogP contribution in [0.15, 0.2) is 22.9 Å². The first kappa shape index (κ1) is 9.39. The molecule has 1 fully saturated rings. The normalized spacial score (nSPS) is 23.8. The number of piperidine rings is 1. The number of likely N-dealkylation sites (tertiary alicyclic amines) is 1. The summed E-state index contributed by atoms with van der Waals surface area (Å²) in [5.74, 6) is -4.59. The Bertz CT molecular complexity index is 1390. The van der Waals surface area contributed by atoms with Gasteiger partial charge >= 0.3 is 0 Å². The van der Waals surface area contributed by atoms with E-state index >= 15 is 0 Å². The summed E-state index contributed by atoms with van der Waals surface area (Å²) in [6.07, 6.45) is 1.07. The molecule has 0 radical (unpaired) electrons. The summed E-state index contributed by atoms with van der Waals surface area (Å²) in [5, 5.41) is 3.82. The molecule has 1 saturated heterocycles. The molecule has 28 heavy (non-hydrogen) atoms. The minimum Gasteiger partial charge on any atom is -0.506 e. The van der Waals surface area contributed by atoms with Crippen molar-refractivity contribution in [2.75, 3.05) is 26.2 Å². The molecule has 7 heteroatoms. The second-order valence-electron chi connectivity index (χ2n) is 6.53. The molecule has 0 unspecified atom stereocenters. The number of carbonyl (C=O) groups excluding carboxylic acids is 1. The van der Waals surface area contributed by atoms with Gasteiger partial charge in [-0.3, -0.25) is 9.59 Å². The third-order valence-electron chi connectivity index (χ3n) is 4.66. The summed E-state index contributed by atoms with van der Waals surface area (Å²) in [7, 11) is 0. The van der Waals surface area contributed by atoms with Crippen LogP contribution < -0.4 is 10.9 Å². The lowest BCUT2D eigenvalue weighted by Gasteiger charge is -2.30. The minimum atomic E-state index is -3.66. The summed E-state index contributed by atoms with van der Waals surface area (Å²) in [4.78, 5) is 28.7. The van der Waals surface area contributed by atoms with Crippen LogP contribution >= 0.6 is 0 Å². The Labute approximate surface area is 182 Å². The van der Waals surface area contributed by atoms with E-state index in [1.54, 1.807) is 0 Å². The van der Waals surface area contributed by atoms with E-state index in [1.807, 2.05) is 4.90 Å². The number of aromatic hydroxyl groups is 1. The van der Waals surface area contributed by atoms with Gasteiger partial charge in [-0.2, -0.15) is 0 Å². The maximum atomic E-state index is 14.6. The number of carbonyl (C=O) groups is 1. The Morgan fingerprint density at radius 3 is 3.14 bits per heavy atom. The average molecular weight is 406 g/mol. The zero-order valence-corrected chi connectivity index (χ0v) is 15.0. The van der Waals surface area contributed by atoms with Gasteiger partial charge in [0, 0.05) is 29.4 Å². The molecule has 1 aliphatic heterocycles. The minimum absolute atomic E-state index is 0.184. The van der Waals surface area contributed by atoms with Crippen molar-refractivity contribution in [3.8, 4) is 5.75 Å². The van der Waals surface area contributed by atoms with Gasteiger partial charge in [0.15, 0.2) is 1.41 Å². The van der Waals surface area contributed by atoms with E-state index in [4.69, 9.17) is 17.9 Å². The van der Waals surface area contributed by atoms with Crippen molar-refractivity contribution in [2.24, 2.45) is 5.92 Å². The third-order valence-corrected chi connectivity index (χ3v) is 4.66. The van der Waals surface area contributed by atoms with Crippen LogP contribution in [0.3, 0.4) is 0 Å². The molecule has 0 saturated carbocycles. The molecule has 6 nitrogen and oxygen atoms in total. The number of aromatic nitrogens is 1. The molecule has 1 amide bonds. The Morgan fingerprint density at radius 1 is 1.61 bits per heavy atom. The van der Waals surface area contributed by atoms with Crippen molar-refractivity contribution < 1.29 is 30.8 Å². The van der Waals surface area contributed by atoms with Gasteiger partial charge in [-0.15, -0.1) is 0 Å². The highest BCUT2D eigenvalue weighted by atomic mass is 19.1. The molecule has 2 aromatic rings. The fourth-order valence-corrected chi connectivity index (χ4v) is 3.15. The largest absolute Gasteiger partial charge is 0.506 e. The lowest BCUT2D eigenvalue weighted by atomic mass is 9.99. The first-order valence-electron chi connectivity index (χ1n) is 15.2. The van der Waals surface area contributed by atoms with E-state index in [1.165, 1.54) is 0 Å². The van der Waals surface area contributed by atoms with Crippen LogP contribution in [0.1, 0.15) is 58.4 Å². The lowest BCUT2D eigenvalue weighted by Crippen LogP contribution is -2.37. The molecule has 152 valence electrons. The van der Waals surface area contributed by atoms with Crippen molar-refractivity contribution in [1.29, 1.82) is 1.43 Å². The number of amides is 1. The van der Waals surface area contributed by atoms with Crippen LogP contribution in [0.5, 0.6) is 5.75 Å². The summed E-state index contributed by atoms with van der Waals surface area (Å²) < 4.78 is 116. The van der Waals surface area contributed by atoms with Gasteiger partial charge in [0.25, 0.3) is 12.9 Å². The molecular weight excluding hydrogens is 361 g/mol. The summed E-state index contributed by atoms with van der Waals surface area (Å²) in [6.45, 7) is -8.29. The number of rotatable bonds is 7. The van der Waals surface area contributed by atoms with Gasteiger partial charge in [0.1, 0.15) is 17.1 Å². The van der Waals surface area contributed by atoms with Crippen LogP contribution in [0, 0.1) is 11.7 Å². The molecular formula is C21H28FN3O3. The second kappa shape index (κ2) is 8.73.